The summed E-state index contributed by atoms with van der Waals surface area (Å²) in [6, 6.07) is 16.0. The molecule has 0 heterocycles. The molecule has 0 radical (unpaired) electrons. The third-order valence-corrected chi connectivity index (χ3v) is 4.73. The van der Waals surface area contributed by atoms with E-state index in [1.54, 1.807) is 18.2 Å². The van der Waals surface area contributed by atoms with Crippen LogP contribution in [-0.2, 0) is 11.3 Å². The highest BCUT2D eigenvalue weighted by Crippen LogP contribution is 2.35. The monoisotopic (exact) mass is 394 g/mol. The minimum Gasteiger partial charge on any atom is -0.496 e. The Morgan fingerprint density at radius 3 is 2.21 bits per heavy atom. The van der Waals surface area contributed by atoms with E-state index in [9.17, 15) is 4.79 Å². The maximum atomic E-state index is 15.0. The van der Waals surface area contributed by atoms with Crippen LogP contribution in [-0.4, -0.2) is 20.2 Å². The molecular formula is C24H23FO4. The summed E-state index contributed by atoms with van der Waals surface area (Å²) in [4.78, 5) is 12.3. The average molecular weight is 394 g/mol. The van der Waals surface area contributed by atoms with Gasteiger partial charge in [-0.3, -0.25) is 0 Å². The smallest absolute Gasteiger partial charge is 0.338 e. The summed E-state index contributed by atoms with van der Waals surface area (Å²) < 4.78 is 31.0. The Kier molecular flexibility index (Phi) is 6.17. The first-order chi connectivity index (χ1) is 13.9. The molecule has 0 aliphatic rings. The summed E-state index contributed by atoms with van der Waals surface area (Å²) in [5.41, 5.74) is 3.55. The molecule has 0 saturated heterocycles. The molecular weight excluding hydrogens is 371 g/mol. The fourth-order valence-corrected chi connectivity index (χ4v) is 3.17. The number of methoxy groups -OCH3 is 2. The number of hydrogen-bond acceptors (Lipinski definition) is 4. The van der Waals surface area contributed by atoms with E-state index in [0.717, 1.165) is 16.7 Å². The molecule has 0 aliphatic heterocycles. The van der Waals surface area contributed by atoms with Crippen molar-refractivity contribution in [1.29, 1.82) is 0 Å². The molecule has 0 bridgehead atoms. The number of carbonyl (C=O) groups excluding carboxylic acids is 1. The predicted octanol–water partition coefficient (Wildman–Crippen LogP) is 5.48. The summed E-state index contributed by atoms with van der Waals surface area (Å²) in [6.45, 7) is 4.03. The molecule has 3 aromatic rings. The van der Waals surface area contributed by atoms with Crippen LogP contribution in [0.3, 0.4) is 0 Å². The van der Waals surface area contributed by atoms with Crippen LogP contribution in [0.4, 0.5) is 4.39 Å². The van der Waals surface area contributed by atoms with Crippen LogP contribution >= 0.6 is 0 Å². The van der Waals surface area contributed by atoms with Gasteiger partial charge >= 0.3 is 5.97 Å². The minimum absolute atomic E-state index is 0.242. The molecule has 3 aromatic carbocycles. The van der Waals surface area contributed by atoms with Gasteiger partial charge in [0.1, 0.15) is 23.9 Å². The van der Waals surface area contributed by atoms with Gasteiger partial charge in [0.05, 0.1) is 19.8 Å². The van der Waals surface area contributed by atoms with Crippen molar-refractivity contribution in [3.8, 4) is 22.6 Å². The van der Waals surface area contributed by atoms with E-state index >= 15 is 4.39 Å². The molecule has 0 fully saturated rings. The van der Waals surface area contributed by atoms with Crippen LogP contribution < -0.4 is 9.47 Å². The first-order valence-electron chi connectivity index (χ1n) is 9.18. The van der Waals surface area contributed by atoms with Crippen molar-refractivity contribution >= 4 is 5.97 Å². The van der Waals surface area contributed by atoms with Crippen molar-refractivity contribution in [2.75, 3.05) is 14.2 Å². The molecule has 5 heteroatoms. The number of carbonyl (C=O) groups is 1. The maximum Gasteiger partial charge on any atom is 0.338 e. The molecule has 0 N–H and O–H groups in total. The van der Waals surface area contributed by atoms with E-state index in [-0.39, 0.29) is 5.56 Å². The van der Waals surface area contributed by atoms with Crippen LogP contribution in [0.25, 0.3) is 11.1 Å². The van der Waals surface area contributed by atoms with Gasteiger partial charge in [0.25, 0.3) is 0 Å². The van der Waals surface area contributed by atoms with Gasteiger partial charge in [-0.1, -0.05) is 30.3 Å². The Balaban J connectivity index is 2.00. The zero-order valence-electron chi connectivity index (χ0n) is 16.9. The first kappa shape index (κ1) is 20.4. The first-order valence-corrected chi connectivity index (χ1v) is 9.18. The summed E-state index contributed by atoms with van der Waals surface area (Å²) in [6.07, 6.45) is 0. The summed E-state index contributed by atoms with van der Waals surface area (Å²) in [5, 5.41) is 0. The quantitative estimate of drug-likeness (QED) is 0.519. The second-order valence-corrected chi connectivity index (χ2v) is 6.73. The van der Waals surface area contributed by atoms with Crippen molar-refractivity contribution in [3.05, 3.63) is 82.7 Å². The topological polar surface area (TPSA) is 44.8 Å². The van der Waals surface area contributed by atoms with E-state index in [1.807, 2.05) is 44.2 Å². The van der Waals surface area contributed by atoms with Crippen molar-refractivity contribution in [3.63, 3.8) is 0 Å². The third kappa shape index (κ3) is 4.40. The van der Waals surface area contributed by atoms with Gasteiger partial charge in [0.15, 0.2) is 0 Å². The Bertz CT molecular complexity index is 1030. The molecule has 0 atom stereocenters. The van der Waals surface area contributed by atoms with Crippen LogP contribution in [0.2, 0.25) is 0 Å². The molecule has 0 aromatic heterocycles. The van der Waals surface area contributed by atoms with Crippen LogP contribution in [0, 0.1) is 19.7 Å². The molecule has 0 unspecified atom stereocenters. The van der Waals surface area contributed by atoms with E-state index in [4.69, 9.17) is 14.2 Å². The number of esters is 1. The summed E-state index contributed by atoms with van der Waals surface area (Å²) in [7, 11) is 2.81. The van der Waals surface area contributed by atoms with E-state index in [2.05, 4.69) is 0 Å². The fourth-order valence-electron chi connectivity index (χ4n) is 3.17. The normalized spacial score (nSPS) is 10.5. The molecule has 0 amide bonds. The van der Waals surface area contributed by atoms with Gasteiger partial charge in [0, 0.05) is 11.6 Å². The van der Waals surface area contributed by atoms with Crippen molar-refractivity contribution < 1.29 is 23.4 Å². The van der Waals surface area contributed by atoms with Crippen LogP contribution in [0.15, 0.2) is 54.6 Å². The molecule has 29 heavy (non-hydrogen) atoms. The number of ether oxygens (including phenoxy) is 3. The Morgan fingerprint density at radius 1 is 0.897 bits per heavy atom. The lowest BCUT2D eigenvalue weighted by molar-refractivity contribution is 0.0601. The van der Waals surface area contributed by atoms with Gasteiger partial charge in [-0.2, -0.15) is 0 Å². The Labute approximate surface area is 169 Å². The zero-order valence-corrected chi connectivity index (χ0v) is 16.9. The van der Waals surface area contributed by atoms with Gasteiger partial charge in [0.2, 0.25) is 0 Å². The van der Waals surface area contributed by atoms with E-state index < -0.39 is 11.8 Å². The zero-order chi connectivity index (χ0) is 21.0. The number of aryl methyl sites for hydroxylation is 2. The van der Waals surface area contributed by atoms with Gasteiger partial charge in [-0.05, 0) is 54.3 Å². The Morgan fingerprint density at radius 2 is 1.55 bits per heavy atom. The number of benzene rings is 3. The third-order valence-electron chi connectivity index (χ3n) is 4.73. The minimum atomic E-state index is -0.556. The molecule has 4 nitrogen and oxygen atoms in total. The highest BCUT2D eigenvalue weighted by molar-refractivity contribution is 5.98. The lowest BCUT2D eigenvalue weighted by Gasteiger charge is -2.16. The van der Waals surface area contributed by atoms with Gasteiger partial charge < -0.3 is 14.2 Å². The Hall–Kier alpha value is -3.34. The lowest BCUT2D eigenvalue weighted by atomic mass is 9.95. The SMILES string of the molecule is COC(=O)c1cc(OC)c(C)cc1-c1cc(C)c(OCc2ccccc2)cc1F. The highest BCUT2D eigenvalue weighted by Gasteiger charge is 2.20. The largest absolute Gasteiger partial charge is 0.496 e. The van der Waals surface area contributed by atoms with Crippen molar-refractivity contribution in [1.82, 2.24) is 0 Å². The number of rotatable bonds is 6. The van der Waals surface area contributed by atoms with E-state index in [0.29, 0.717) is 29.2 Å². The molecule has 0 saturated carbocycles. The van der Waals surface area contributed by atoms with Crippen molar-refractivity contribution in [2.45, 2.75) is 20.5 Å². The molecule has 150 valence electrons. The predicted molar refractivity (Wildman–Crippen MR) is 110 cm³/mol. The second kappa shape index (κ2) is 8.78. The standard InChI is InChI=1S/C24H23FO4/c1-15-10-18(20(24(26)28-4)12-22(15)27-3)19-11-16(2)23(13-21(19)25)29-14-17-8-6-5-7-9-17/h5-13H,14H2,1-4H3. The number of halogens is 1. The fraction of sp³-hybridized carbons (Fsp3) is 0.208. The van der Waals surface area contributed by atoms with Gasteiger partial charge in [-0.15, -0.1) is 0 Å². The molecule has 0 aliphatic carbocycles. The summed E-state index contributed by atoms with van der Waals surface area (Å²) >= 11 is 0. The maximum absolute atomic E-state index is 15.0. The van der Waals surface area contributed by atoms with Crippen molar-refractivity contribution in [2.24, 2.45) is 0 Å². The molecule has 0 spiro atoms. The lowest BCUT2D eigenvalue weighted by Crippen LogP contribution is -2.06. The van der Waals surface area contributed by atoms with Crippen LogP contribution in [0.5, 0.6) is 11.5 Å². The second-order valence-electron chi connectivity index (χ2n) is 6.73. The highest BCUT2D eigenvalue weighted by atomic mass is 19.1. The summed E-state index contributed by atoms with van der Waals surface area (Å²) in [5.74, 6) is -0.0396. The van der Waals surface area contributed by atoms with Crippen LogP contribution in [0.1, 0.15) is 27.0 Å². The van der Waals surface area contributed by atoms with E-state index in [1.165, 1.54) is 20.3 Å². The van der Waals surface area contributed by atoms with Gasteiger partial charge in [-0.25, -0.2) is 9.18 Å². The average Bonchev–Trinajstić information content (AvgIpc) is 2.74. The number of hydrogen-bond donors (Lipinski definition) is 0. The molecule has 3 rings (SSSR count).